The third kappa shape index (κ3) is 6.89. The van der Waals surface area contributed by atoms with Crippen LogP contribution < -0.4 is 10.6 Å². The van der Waals surface area contributed by atoms with Gasteiger partial charge in [0.25, 0.3) is 0 Å². The first-order valence-corrected chi connectivity index (χ1v) is 8.81. The summed E-state index contributed by atoms with van der Waals surface area (Å²) in [6.07, 6.45) is -4.38. The topological polar surface area (TPSA) is 70.6 Å². The fraction of sp³-hybridized carbons (Fsp3) is 0.500. The maximum absolute atomic E-state index is 12.6. The van der Waals surface area contributed by atoms with Crippen molar-refractivity contribution < 1.29 is 21.6 Å². The van der Waals surface area contributed by atoms with Gasteiger partial charge in [0.2, 0.25) is 0 Å². The molecule has 0 saturated heterocycles. The van der Waals surface area contributed by atoms with Crippen molar-refractivity contribution in [2.45, 2.75) is 19.6 Å². The second-order valence-electron chi connectivity index (χ2n) is 4.79. The molecule has 0 bridgehead atoms. The highest BCUT2D eigenvalue weighted by Gasteiger charge is 2.30. The second kappa shape index (κ2) is 8.19. The van der Waals surface area contributed by atoms with E-state index in [1.54, 1.807) is 13.0 Å². The molecule has 0 aliphatic carbocycles. The largest absolute Gasteiger partial charge is 0.416 e. The van der Waals surface area contributed by atoms with Gasteiger partial charge in [0.1, 0.15) is 0 Å². The molecule has 0 heterocycles. The van der Waals surface area contributed by atoms with Gasteiger partial charge in [-0.25, -0.2) is 8.42 Å². The fourth-order valence-corrected chi connectivity index (χ4v) is 2.44. The lowest BCUT2D eigenvalue weighted by molar-refractivity contribution is -0.137. The zero-order chi connectivity index (χ0) is 17.5. The molecule has 1 aromatic rings. The van der Waals surface area contributed by atoms with Crippen molar-refractivity contribution in [1.82, 2.24) is 10.6 Å². The van der Waals surface area contributed by atoms with Gasteiger partial charge >= 0.3 is 6.18 Å². The number of sulfone groups is 1. The van der Waals surface area contributed by atoms with Crippen molar-refractivity contribution in [3.05, 3.63) is 35.4 Å². The molecule has 0 amide bonds. The molecule has 5 nitrogen and oxygen atoms in total. The molecule has 0 saturated carbocycles. The van der Waals surface area contributed by atoms with Crippen molar-refractivity contribution in [3.8, 4) is 0 Å². The van der Waals surface area contributed by atoms with Gasteiger partial charge in [0, 0.05) is 25.9 Å². The number of nitrogens with zero attached hydrogens (tertiary/aromatic N) is 1. The number of halogens is 3. The first kappa shape index (κ1) is 19.3. The number of aliphatic imine (C=N–C) groups is 1. The van der Waals surface area contributed by atoms with Crippen LogP contribution in [0.1, 0.15) is 18.1 Å². The molecule has 0 unspecified atom stereocenters. The Morgan fingerprint density at radius 2 is 1.96 bits per heavy atom. The summed E-state index contributed by atoms with van der Waals surface area (Å²) in [5.74, 6) is 0.354. The van der Waals surface area contributed by atoms with E-state index in [4.69, 9.17) is 0 Å². The lowest BCUT2D eigenvalue weighted by Gasteiger charge is -2.13. The maximum atomic E-state index is 12.6. The number of hydrogen-bond acceptors (Lipinski definition) is 3. The Hall–Kier alpha value is -1.77. The second-order valence-corrected chi connectivity index (χ2v) is 7.26. The van der Waals surface area contributed by atoms with E-state index >= 15 is 0 Å². The maximum Gasteiger partial charge on any atom is 0.416 e. The summed E-state index contributed by atoms with van der Waals surface area (Å²) in [4.78, 5) is 3.90. The van der Waals surface area contributed by atoms with E-state index in [9.17, 15) is 21.6 Å². The van der Waals surface area contributed by atoms with Gasteiger partial charge in [0.05, 0.1) is 11.3 Å². The summed E-state index contributed by atoms with van der Waals surface area (Å²) >= 11 is 0. The summed E-state index contributed by atoms with van der Waals surface area (Å²) in [7, 11) is -1.59. The van der Waals surface area contributed by atoms with E-state index in [2.05, 4.69) is 15.6 Å². The smallest absolute Gasteiger partial charge is 0.355 e. The van der Waals surface area contributed by atoms with E-state index in [0.717, 1.165) is 12.1 Å². The van der Waals surface area contributed by atoms with Crippen molar-refractivity contribution in [3.63, 3.8) is 0 Å². The first-order valence-electron chi connectivity index (χ1n) is 6.99. The Balaban J connectivity index is 2.56. The molecule has 0 aromatic heterocycles. The van der Waals surface area contributed by atoms with Crippen LogP contribution in [0.5, 0.6) is 0 Å². The molecule has 2 N–H and O–H groups in total. The third-order valence-corrected chi connectivity index (χ3v) is 4.79. The van der Waals surface area contributed by atoms with Gasteiger partial charge in [-0.2, -0.15) is 13.2 Å². The standard InChI is InChI=1S/C14H20F3N3O2S/c1-3-23(21,22)8-7-19-13(18-2)20-10-11-5-4-6-12(9-11)14(15,16)17/h4-6,9H,3,7-8,10H2,1-2H3,(H2,18,19,20). The first-order chi connectivity index (χ1) is 10.7. The lowest BCUT2D eigenvalue weighted by Crippen LogP contribution is -2.39. The highest BCUT2D eigenvalue weighted by molar-refractivity contribution is 7.91. The minimum atomic E-state index is -4.38. The number of benzene rings is 1. The van der Waals surface area contributed by atoms with Crippen LogP contribution >= 0.6 is 0 Å². The lowest BCUT2D eigenvalue weighted by atomic mass is 10.1. The van der Waals surface area contributed by atoms with Crippen molar-refractivity contribution in [1.29, 1.82) is 0 Å². The minimum Gasteiger partial charge on any atom is -0.355 e. The van der Waals surface area contributed by atoms with Crippen molar-refractivity contribution in [2.75, 3.05) is 25.1 Å². The molecule has 0 spiro atoms. The number of nitrogens with one attached hydrogen (secondary N) is 2. The Bertz CT molecular complexity index is 643. The van der Waals surface area contributed by atoms with Gasteiger partial charge in [-0.15, -0.1) is 0 Å². The normalized spacial score (nSPS) is 13.0. The van der Waals surface area contributed by atoms with Gasteiger partial charge < -0.3 is 10.6 Å². The number of hydrogen-bond donors (Lipinski definition) is 2. The predicted molar refractivity (Wildman–Crippen MR) is 84.0 cm³/mol. The van der Waals surface area contributed by atoms with Crippen LogP contribution in [0.25, 0.3) is 0 Å². The third-order valence-electron chi connectivity index (χ3n) is 3.08. The molecule has 1 aromatic carbocycles. The Morgan fingerprint density at radius 3 is 2.52 bits per heavy atom. The van der Waals surface area contributed by atoms with E-state index in [-0.39, 0.29) is 24.6 Å². The molecule has 1 rings (SSSR count). The zero-order valence-corrected chi connectivity index (χ0v) is 13.8. The van der Waals surface area contributed by atoms with Gasteiger partial charge in [0.15, 0.2) is 15.8 Å². The van der Waals surface area contributed by atoms with E-state index in [1.807, 2.05) is 0 Å². The number of rotatable bonds is 6. The molecule has 0 aliphatic heterocycles. The van der Waals surface area contributed by atoms with Crippen molar-refractivity contribution in [2.24, 2.45) is 4.99 Å². The molecule has 9 heteroatoms. The van der Waals surface area contributed by atoms with Gasteiger partial charge in [-0.3, -0.25) is 4.99 Å². The average molecular weight is 351 g/mol. The molecule has 0 aliphatic rings. The summed E-state index contributed by atoms with van der Waals surface area (Å²) < 4.78 is 60.6. The Morgan fingerprint density at radius 1 is 1.26 bits per heavy atom. The van der Waals surface area contributed by atoms with Gasteiger partial charge in [-0.1, -0.05) is 19.1 Å². The zero-order valence-electron chi connectivity index (χ0n) is 12.9. The summed E-state index contributed by atoms with van der Waals surface area (Å²) in [6, 6.07) is 4.97. The van der Waals surface area contributed by atoms with E-state index < -0.39 is 21.6 Å². The van der Waals surface area contributed by atoms with Crippen LogP contribution in [0.15, 0.2) is 29.3 Å². The van der Waals surface area contributed by atoms with Gasteiger partial charge in [-0.05, 0) is 17.7 Å². The number of alkyl halides is 3. The van der Waals surface area contributed by atoms with Crippen LogP contribution in [-0.4, -0.2) is 39.5 Å². The van der Waals surface area contributed by atoms with E-state index in [1.165, 1.54) is 13.1 Å². The fourth-order valence-electron chi connectivity index (χ4n) is 1.73. The molecular formula is C14H20F3N3O2S. The minimum absolute atomic E-state index is 0.0340. The molecule has 130 valence electrons. The summed E-state index contributed by atoms with van der Waals surface area (Å²) in [5.41, 5.74) is -0.266. The summed E-state index contributed by atoms with van der Waals surface area (Å²) in [5, 5.41) is 5.66. The summed E-state index contributed by atoms with van der Waals surface area (Å²) in [6.45, 7) is 1.89. The SMILES string of the molecule is CCS(=O)(=O)CCNC(=NC)NCc1cccc(C(F)(F)F)c1. The molecule has 0 radical (unpaired) electrons. The van der Waals surface area contributed by atoms with Crippen LogP contribution in [-0.2, 0) is 22.6 Å². The molecule has 0 fully saturated rings. The van der Waals surface area contributed by atoms with E-state index in [0.29, 0.717) is 11.5 Å². The highest BCUT2D eigenvalue weighted by Crippen LogP contribution is 2.29. The van der Waals surface area contributed by atoms with Crippen LogP contribution in [0.4, 0.5) is 13.2 Å². The molecule has 0 atom stereocenters. The molecular weight excluding hydrogens is 331 g/mol. The average Bonchev–Trinajstić information content (AvgIpc) is 2.50. The monoisotopic (exact) mass is 351 g/mol. The van der Waals surface area contributed by atoms with Crippen LogP contribution in [0.3, 0.4) is 0 Å². The predicted octanol–water partition coefficient (Wildman–Crippen LogP) is 1.81. The van der Waals surface area contributed by atoms with Crippen molar-refractivity contribution >= 4 is 15.8 Å². The Labute approximate surface area is 133 Å². The Kier molecular flexibility index (Phi) is 6.86. The highest BCUT2D eigenvalue weighted by atomic mass is 32.2. The quantitative estimate of drug-likeness (QED) is 0.606. The number of guanidine groups is 1. The van der Waals surface area contributed by atoms with Crippen LogP contribution in [0.2, 0.25) is 0 Å². The molecule has 23 heavy (non-hydrogen) atoms. The van der Waals surface area contributed by atoms with Crippen LogP contribution in [0, 0.1) is 0 Å².